The van der Waals surface area contributed by atoms with Crippen molar-refractivity contribution >= 4 is 40.0 Å². The molecule has 0 aliphatic carbocycles. The lowest BCUT2D eigenvalue weighted by Crippen LogP contribution is -2.27. The topological polar surface area (TPSA) is 86.5 Å². The molecule has 0 aliphatic heterocycles. The Morgan fingerprint density at radius 3 is 2.96 bits per heavy atom. The predicted octanol–water partition coefficient (Wildman–Crippen LogP) is 3.86. The first-order valence-electron chi connectivity index (χ1n) is 7.36. The molecular weight excluding hydrogens is 353 g/mol. The van der Waals surface area contributed by atoms with Crippen LogP contribution in [-0.4, -0.2) is 24.7 Å². The zero-order chi connectivity index (χ0) is 17.1. The molecule has 0 radical (unpaired) electrons. The van der Waals surface area contributed by atoms with E-state index < -0.39 is 0 Å². The normalized spacial score (nSPS) is 12.7. The number of pyridine rings is 1. The molecule has 0 aliphatic rings. The molecule has 0 spiro atoms. The molecule has 0 fully saturated rings. The van der Waals surface area contributed by atoms with Crippen molar-refractivity contribution in [1.29, 1.82) is 0 Å². The third kappa shape index (κ3) is 3.67. The number of rotatable bonds is 7. The molecule has 0 unspecified atom stereocenters. The van der Waals surface area contributed by atoms with Gasteiger partial charge in [-0.05, 0) is 12.1 Å². The summed E-state index contributed by atoms with van der Waals surface area (Å²) in [6.07, 6.45) is 2.06. The van der Waals surface area contributed by atoms with Gasteiger partial charge in [-0.25, -0.2) is 4.98 Å². The van der Waals surface area contributed by atoms with Gasteiger partial charge in [0.15, 0.2) is 5.58 Å². The van der Waals surface area contributed by atoms with Crippen LogP contribution >= 0.6 is 23.2 Å². The van der Waals surface area contributed by atoms with Crippen molar-refractivity contribution in [3.63, 3.8) is 0 Å². The van der Waals surface area contributed by atoms with Gasteiger partial charge in [0, 0.05) is 25.6 Å². The molecule has 0 aromatic carbocycles. The van der Waals surface area contributed by atoms with E-state index >= 15 is 0 Å². The van der Waals surface area contributed by atoms with Crippen LogP contribution in [0.2, 0.25) is 10.2 Å². The molecule has 8 heteroatoms. The van der Waals surface area contributed by atoms with Crippen LogP contribution in [0.3, 0.4) is 0 Å². The van der Waals surface area contributed by atoms with E-state index in [0.29, 0.717) is 52.3 Å². The first kappa shape index (κ1) is 17.1. The Morgan fingerprint density at radius 1 is 1.42 bits per heavy atom. The molecule has 0 bridgehead atoms. The number of furan rings is 2. The first-order valence-corrected chi connectivity index (χ1v) is 8.12. The van der Waals surface area contributed by atoms with Crippen LogP contribution in [0.15, 0.2) is 33.3 Å². The quantitative estimate of drug-likeness (QED) is 0.615. The van der Waals surface area contributed by atoms with E-state index in [4.69, 9.17) is 42.5 Å². The first-order chi connectivity index (χ1) is 11.6. The largest absolute Gasteiger partial charge is 0.467 e. The average molecular weight is 370 g/mol. The molecule has 3 rings (SSSR count). The van der Waals surface area contributed by atoms with Crippen LogP contribution < -0.4 is 11.1 Å². The van der Waals surface area contributed by atoms with Crippen molar-refractivity contribution < 1.29 is 13.6 Å². The zero-order valence-corrected chi connectivity index (χ0v) is 14.5. The SMILES string of the molecule is COC[C@H](N)Cc1oc2c(NCc3ccco3)cc(Cl)nc2c1Cl. The van der Waals surface area contributed by atoms with Gasteiger partial charge in [0.2, 0.25) is 0 Å². The summed E-state index contributed by atoms with van der Waals surface area (Å²) < 4.78 is 16.2. The van der Waals surface area contributed by atoms with E-state index in [2.05, 4.69) is 10.3 Å². The van der Waals surface area contributed by atoms with Gasteiger partial charge >= 0.3 is 0 Å². The number of methoxy groups -OCH3 is 1. The second-order valence-electron chi connectivity index (χ2n) is 5.36. The second kappa shape index (κ2) is 7.44. The lowest BCUT2D eigenvalue weighted by atomic mass is 10.2. The summed E-state index contributed by atoms with van der Waals surface area (Å²) in [6.45, 7) is 0.893. The van der Waals surface area contributed by atoms with Gasteiger partial charge in [-0.3, -0.25) is 0 Å². The van der Waals surface area contributed by atoms with Crippen molar-refractivity contribution in [1.82, 2.24) is 4.98 Å². The minimum absolute atomic E-state index is 0.219. The fourth-order valence-corrected chi connectivity index (χ4v) is 2.86. The summed E-state index contributed by atoms with van der Waals surface area (Å²) in [7, 11) is 1.60. The van der Waals surface area contributed by atoms with Crippen molar-refractivity contribution in [2.24, 2.45) is 5.73 Å². The molecular formula is C16H17Cl2N3O3. The Hall–Kier alpha value is -1.73. The molecule has 24 heavy (non-hydrogen) atoms. The number of anilines is 1. The van der Waals surface area contributed by atoms with Crippen molar-refractivity contribution in [2.75, 3.05) is 19.0 Å². The number of hydrogen-bond acceptors (Lipinski definition) is 6. The maximum absolute atomic E-state index is 6.39. The highest BCUT2D eigenvalue weighted by Gasteiger charge is 2.20. The summed E-state index contributed by atoms with van der Waals surface area (Å²) in [5.41, 5.74) is 7.71. The van der Waals surface area contributed by atoms with Crippen LogP contribution in [0.4, 0.5) is 5.69 Å². The Kier molecular flexibility index (Phi) is 5.30. The van der Waals surface area contributed by atoms with Crippen LogP contribution in [-0.2, 0) is 17.7 Å². The second-order valence-corrected chi connectivity index (χ2v) is 6.13. The Morgan fingerprint density at radius 2 is 2.25 bits per heavy atom. The number of halogens is 2. The molecule has 3 N–H and O–H groups in total. The Bertz CT molecular complexity index is 818. The highest BCUT2D eigenvalue weighted by Crippen LogP contribution is 2.36. The van der Waals surface area contributed by atoms with E-state index in [0.717, 1.165) is 5.76 Å². The van der Waals surface area contributed by atoms with Gasteiger partial charge in [0.25, 0.3) is 0 Å². The standard InChI is InChI=1S/C16H17Cl2N3O3/c1-22-8-9(19)5-12-14(18)15-16(24-12)11(6-13(17)21-15)20-7-10-3-2-4-23-10/h2-4,6,9H,5,7-8,19H2,1H3,(H,20,21)/t9-/m1/s1. The number of nitrogens with one attached hydrogen (secondary N) is 1. The minimum Gasteiger partial charge on any atom is -0.467 e. The van der Waals surface area contributed by atoms with Gasteiger partial charge in [0.05, 0.1) is 25.1 Å². The third-order valence-corrected chi connectivity index (χ3v) is 4.06. The lowest BCUT2D eigenvalue weighted by molar-refractivity contribution is 0.178. The smallest absolute Gasteiger partial charge is 0.177 e. The number of ether oxygens (including phenoxy) is 1. The van der Waals surface area contributed by atoms with E-state index in [-0.39, 0.29) is 6.04 Å². The van der Waals surface area contributed by atoms with Gasteiger partial charge < -0.3 is 24.6 Å². The maximum atomic E-state index is 6.39. The number of hydrogen-bond donors (Lipinski definition) is 2. The van der Waals surface area contributed by atoms with Crippen LogP contribution in [0, 0.1) is 0 Å². The lowest BCUT2D eigenvalue weighted by Gasteiger charge is -2.08. The monoisotopic (exact) mass is 369 g/mol. The third-order valence-electron chi connectivity index (χ3n) is 3.48. The highest BCUT2D eigenvalue weighted by atomic mass is 35.5. The summed E-state index contributed by atoms with van der Waals surface area (Å²) >= 11 is 12.5. The molecule has 128 valence electrons. The van der Waals surface area contributed by atoms with Gasteiger partial charge in [-0.2, -0.15) is 0 Å². The van der Waals surface area contributed by atoms with Gasteiger partial charge in [0.1, 0.15) is 27.2 Å². The molecule has 3 heterocycles. The molecule has 1 atom stereocenters. The number of nitrogens with two attached hydrogens (primary N) is 1. The number of fused-ring (bicyclic) bond motifs is 1. The van der Waals surface area contributed by atoms with Crippen molar-refractivity contribution in [3.8, 4) is 0 Å². The summed E-state index contributed by atoms with van der Waals surface area (Å²) in [5.74, 6) is 1.35. The van der Waals surface area contributed by atoms with Crippen LogP contribution in [0.1, 0.15) is 11.5 Å². The summed E-state index contributed by atoms with van der Waals surface area (Å²) in [5, 5.41) is 3.96. The average Bonchev–Trinajstić information content (AvgIpc) is 3.15. The van der Waals surface area contributed by atoms with Crippen LogP contribution in [0.5, 0.6) is 0 Å². The van der Waals surface area contributed by atoms with Crippen LogP contribution in [0.25, 0.3) is 11.1 Å². The maximum Gasteiger partial charge on any atom is 0.177 e. The fraction of sp³-hybridized carbons (Fsp3) is 0.312. The highest BCUT2D eigenvalue weighted by molar-refractivity contribution is 6.36. The van der Waals surface area contributed by atoms with Crippen molar-refractivity contribution in [2.45, 2.75) is 19.0 Å². The molecule has 0 saturated carbocycles. The summed E-state index contributed by atoms with van der Waals surface area (Å²) in [6, 6.07) is 5.16. The minimum atomic E-state index is -0.219. The van der Waals surface area contributed by atoms with E-state index in [1.165, 1.54) is 0 Å². The van der Waals surface area contributed by atoms with E-state index in [1.54, 1.807) is 19.4 Å². The van der Waals surface area contributed by atoms with E-state index in [1.807, 2.05) is 12.1 Å². The fourth-order valence-electron chi connectivity index (χ4n) is 2.42. The Labute approximate surface area is 148 Å². The molecule has 3 aromatic rings. The molecule has 0 amide bonds. The van der Waals surface area contributed by atoms with E-state index in [9.17, 15) is 0 Å². The number of nitrogens with zero attached hydrogens (tertiary/aromatic N) is 1. The van der Waals surface area contributed by atoms with Gasteiger partial charge in [-0.1, -0.05) is 23.2 Å². The molecule has 0 saturated heterocycles. The number of aromatic nitrogens is 1. The Balaban J connectivity index is 1.91. The molecule has 6 nitrogen and oxygen atoms in total. The molecule has 3 aromatic heterocycles. The van der Waals surface area contributed by atoms with Gasteiger partial charge in [-0.15, -0.1) is 0 Å². The predicted molar refractivity (Wildman–Crippen MR) is 93.6 cm³/mol. The summed E-state index contributed by atoms with van der Waals surface area (Å²) in [4.78, 5) is 4.26. The van der Waals surface area contributed by atoms with Crippen molar-refractivity contribution in [3.05, 3.63) is 46.2 Å². The zero-order valence-electron chi connectivity index (χ0n) is 13.0.